The summed E-state index contributed by atoms with van der Waals surface area (Å²) in [6.07, 6.45) is 3.65. The second-order valence-corrected chi connectivity index (χ2v) is 7.96. The topological polar surface area (TPSA) is 3.24 Å². The average Bonchev–Trinajstić information content (AvgIpc) is 2.77. The third-order valence-electron chi connectivity index (χ3n) is 5.45. The maximum absolute atomic E-state index is 2.41. The summed E-state index contributed by atoms with van der Waals surface area (Å²) in [5, 5.41) is 0. The highest BCUT2D eigenvalue weighted by Gasteiger charge is 2.47. The molecule has 0 amide bonds. The second-order valence-electron chi connectivity index (χ2n) is 7.96. The predicted molar refractivity (Wildman–Crippen MR) is 106 cm³/mol. The molecule has 0 unspecified atom stereocenters. The lowest BCUT2D eigenvalue weighted by molar-refractivity contribution is 0.334. The van der Waals surface area contributed by atoms with Gasteiger partial charge in [-0.15, -0.1) is 12.4 Å². The summed E-state index contributed by atoms with van der Waals surface area (Å²) >= 11 is 0. The maximum atomic E-state index is 2.41. The first kappa shape index (κ1) is 19.0. The molecule has 1 aliphatic rings. The zero-order chi connectivity index (χ0) is 16.5. The fraction of sp³-hybridized carbons (Fsp3) is 0.455. The Labute approximate surface area is 153 Å². The summed E-state index contributed by atoms with van der Waals surface area (Å²) in [5.41, 5.74) is 4.97. The first-order valence-corrected chi connectivity index (χ1v) is 8.76. The normalized spacial score (nSPS) is 21.4. The van der Waals surface area contributed by atoms with E-state index in [1.807, 2.05) is 0 Å². The Bertz CT molecular complexity index is 663. The van der Waals surface area contributed by atoms with Crippen molar-refractivity contribution >= 4 is 12.4 Å². The molecule has 0 saturated carbocycles. The van der Waals surface area contributed by atoms with Crippen molar-refractivity contribution in [1.82, 2.24) is 4.90 Å². The lowest BCUT2D eigenvalue weighted by Crippen LogP contribution is -2.28. The standard InChI is InChI=1S/C22H29N.ClH/c1-21(2)17-22(15-10-16-23(3)4,18-11-6-5-7-12-18)20-14-9-8-13-19(20)21;/h5-9,11-14H,10,15-17H2,1-4H3;1H/t22-;/m0./s1. The first-order chi connectivity index (χ1) is 11.0. The van der Waals surface area contributed by atoms with Gasteiger partial charge in [-0.3, -0.25) is 0 Å². The summed E-state index contributed by atoms with van der Waals surface area (Å²) in [5.74, 6) is 0. The highest BCUT2D eigenvalue weighted by Crippen LogP contribution is 2.54. The van der Waals surface area contributed by atoms with Gasteiger partial charge in [0.2, 0.25) is 0 Å². The molecule has 0 aromatic heterocycles. The van der Waals surface area contributed by atoms with Gasteiger partial charge in [-0.25, -0.2) is 0 Å². The van der Waals surface area contributed by atoms with Crippen LogP contribution in [0.4, 0.5) is 0 Å². The van der Waals surface area contributed by atoms with Gasteiger partial charge in [0.05, 0.1) is 0 Å². The molecule has 0 saturated heterocycles. The monoisotopic (exact) mass is 343 g/mol. The van der Waals surface area contributed by atoms with Crippen LogP contribution in [-0.2, 0) is 10.8 Å². The minimum atomic E-state index is 0. The molecule has 0 bridgehead atoms. The quantitative estimate of drug-likeness (QED) is 0.700. The van der Waals surface area contributed by atoms with Crippen LogP contribution in [0.2, 0.25) is 0 Å². The van der Waals surface area contributed by atoms with Gasteiger partial charge in [0.15, 0.2) is 0 Å². The van der Waals surface area contributed by atoms with Crippen molar-refractivity contribution in [2.45, 2.75) is 43.9 Å². The van der Waals surface area contributed by atoms with E-state index in [4.69, 9.17) is 0 Å². The van der Waals surface area contributed by atoms with Crippen LogP contribution in [0.25, 0.3) is 0 Å². The molecule has 1 atom stereocenters. The Kier molecular flexibility index (Phi) is 5.78. The molecular formula is C22H30ClN. The van der Waals surface area contributed by atoms with E-state index < -0.39 is 0 Å². The molecule has 2 aromatic rings. The molecule has 24 heavy (non-hydrogen) atoms. The molecule has 1 aliphatic carbocycles. The van der Waals surface area contributed by atoms with Crippen LogP contribution in [0.15, 0.2) is 54.6 Å². The van der Waals surface area contributed by atoms with Crippen molar-refractivity contribution < 1.29 is 0 Å². The zero-order valence-electron chi connectivity index (χ0n) is 15.4. The molecule has 2 heteroatoms. The zero-order valence-corrected chi connectivity index (χ0v) is 16.2. The van der Waals surface area contributed by atoms with Crippen LogP contribution in [-0.4, -0.2) is 25.5 Å². The Hall–Kier alpha value is -1.31. The number of halogens is 1. The van der Waals surface area contributed by atoms with Gasteiger partial charge in [-0.2, -0.15) is 0 Å². The van der Waals surface area contributed by atoms with Crippen LogP contribution >= 0.6 is 12.4 Å². The average molecular weight is 344 g/mol. The van der Waals surface area contributed by atoms with Gasteiger partial charge in [0.25, 0.3) is 0 Å². The predicted octanol–water partition coefficient (Wildman–Crippen LogP) is 5.42. The van der Waals surface area contributed by atoms with Gasteiger partial charge >= 0.3 is 0 Å². The maximum Gasteiger partial charge on any atom is 0.0214 e. The number of hydrogen-bond acceptors (Lipinski definition) is 1. The lowest BCUT2D eigenvalue weighted by atomic mass is 9.70. The van der Waals surface area contributed by atoms with E-state index in [1.165, 1.54) is 30.4 Å². The number of benzene rings is 2. The molecule has 0 N–H and O–H groups in total. The first-order valence-electron chi connectivity index (χ1n) is 8.76. The van der Waals surface area contributed by atoms with Crippen molar-refractivity contribution in [1.29, 1.82) is 0 Å². The van der Waals surface area contributed by atoms with Crippen LogP contribution in [0.5, 0.6) is 0 Å². The van der Waals surface area contributed by atoms with Crippen molar-refractivity contribution in [3.05, 3.63) is 71.3 Å². The summed E-state index contributed by atoms with van der Waals surface area (Å²) < 4.78 is 0. The van der Waals surface area contributed by atoms with Gasteiger partial charge in [0.1, 0.15) is 0 Å². The van der Waals surface area contributed by atoms with Gasteiger partial charge in [0, 0.05) is 5.41 Å². The number of rotatable bonds is 5. The van der Waals surface area contributed by atoms with Gasteiger partial charge in [-0.1, -0.05) is 68.4 Å². The van der Waals surface area contributed by atoms with E-state index in [9.17, 15) is 0 Å². The molecule has 0 aliphatic heterocycles. The van der Waals surface area contributed by atoms with Crippen LogP contribution in [0.3, 0.4) is 0 Å². The van der Waals surface area contributed by atoms with Crippen molar-refractivity contribution in [3.63, 3.8) is 0 Å². The number of fused-ring (bicyclic) bond motifs is 1. The van der Waals surface area contributed by atoms with Crippen LogP contribution in [0.1, 0.15) is 49.8 Å². The van der Waals surface area contributed by atoms with Gasteiger partial charge in [-0.05, 0) is 62.0 Å². The molecule has 0 fully saturated rings. The third-order valence-corrected chi connectivity index (χ3v) is 5.45. The van der Waals surface area contributed by atoms with E-state index in [2.05, 4.69) is 87.4 Å². The molecule has 130 valence electrons. The van der Waals surface area contributed by atoms with Crippen molar-refractivity contribution in [2.24, 2.45) is 0 Å². The third kappa shape index (κ3) is 3.38. The molecule has 2 aromatic carbocycles. The van der Waals surface area contributed by atoms with E-state index in [-0.39, 0.29) is 23.2 Å². The SMILES string of the molecule is CN(C)CCC[C@@]1(c2ccccc2)CC(C)(C)c2ccccc21.Cl. The molecular weight excluding hydrogens is 314 g/mol. The lowest BCUT2D eigenvalue weighted by Gasteiger charge is -2.33. The molecule has 0 radical (unpaired) electrons. The fourth-order valence-corrected chi connectivity index (χ4v) is 4.51. The van der Waals surface area contributed by atoms with Crippen LogP contribution < -0.4 is 0 Å². The van der Waals surface area contributed by atoms with E-state index in [0.29, 0.717) is 0 Å². The highest BCUT2D eigenvalue weighted by molar-refractivity contribution is 5.85. The molecule has 1 nitrogen and oxygen atoms in total. The summed E-state index contributed by atoms with van der Waals surface area (Å²) in [7, 11) is 4.34. The molecule has 0 spiro atoms. The summed E-state index contributed by atoms with van der Waals surface area (Å²) in [6, 6.07) is 20.3. The second kappa shape index (κ2) is 7.29. The van der Waals surface area contributed by atoms with E-state index in [0.717, 1.165) is 6.54 Å². The van der Waals surface area contributed by atoms with E-state index >= 15 is 0 Å². The van der Waals surface area contributed by atoms with Crippen molar-refractivity contribution in [2.75, 3.05) is 20.6 Å². The Balaban J connectivity index is 0.00000208. The Morgan fingerprint density at radius 2 is 1.46 bits per heavy atom. The van der Waals surface area contributed by atoms with Crippen LogP contribution in [0, 0.1) is 0 Å². The van der Waals surface area contributed by atoms with E-state index in [1.54, 1.807) is 5.56 Å². The fourth-order valence-electron chi connectivity index (χ4n) is 4.51. The van der Waals surface area contributed by atoms with Crippen molar-refractivity contribution in [3.8, 4) is 0 Å². The minimum absolute atomic E-state index is 0. The highest BCUT2D eigenvalue weighted by atomic mass is 35.5. The largest absolute Gasteiger partial charge is 0.309 e. The minimum Gasteiger partial charge on any atom is -0.309 e. The van der Waals surface area contributed by atoms with Gasteiger partial charge < -0.3 is 4.90 Å². The smallest absolute Gasteiger partial charge is 0.0214 e. The Morgan fingerprint density at radius 3 is 2.08 bits per heavy atom. The molecule has 0 heterocycles. The number of nitrogens with zero attached hydrogens (tertiary/aromatic N) is 1. The molecule has 3 rings (SSSR count). The summed E-state index contributed by atoms with van der Waals surface area (Å²) in [4.78, 5) is 2.30. The Morgan fingerprint density at radius 1 is 0.875 bits per heavy atom. The summed E-state index contributed by atoms with van der Waals surface area (Å²) in [6.45, 7) is 5.96. The number of hydrogen-bond donors (Lipinski definition) is 0.